The van der Waals surface area contributed by atoms with E-state index in [1.807, 2.05) is 34.7 Å². The molecule has 1 heteroatoms. The van der Waals surface area contributed by atoms with Gasteiger partial charge in [-0.2, -0.15) is 0 Å². The summed E-state index contributed by atoms with van der Waals surface area (Å²) < 4.78 is 0. The van der Waals surface area contributed by atoms with E-state index in [0.717, 1.165) is 0 Å². The highest BCUT2D eigenvalue weighted by Crippen LogP contribution is 2.11. The lowest BCUT2D eigenvalue weighted by Crippen LogP contribution is -2.00. The quantitative estimate of drug-likeness (QED) is 0.666. The van der Waals surface area contributed by atoms with Crippen LogP contribution in [0.25, 0.3) is 0 Å². The molecule has 0 bridgehead atoms. The van der Waals surface area contributed by atoms with Crippen molar-refractivity contribution < 1.29 is 0 Å². The Morgan fingerprint density at radius 1 is 1.00 bits per heavy atom. The van der Waals surface area contributed by atoms with Crippen LogP contribution in [0.3, 0.4) is 0 Å². The summed E-state index contributed by atoms with van der Waals surface area (Å²) in [6.07, 6.45) is 4.26. The zero-order chi connectivity index (χ0) is 12.9. The molecule has 1 N–H and O–H groups in total. The van der Waals surface area contributed by atoms with Crippen molar-refractivity contribution in [1.82, 2.24) is 5.32 Å². The van der Waals surface area contributed by atoms with Crippen LogP contribution in [0.15, 0.2) is 23.4 Å². The Balaban J connectivity index is -0.000000318. The van der Waals surface area contributed by atoms with Gasteiger partial charge in [0, 0.05) is 7.05 Å². The SMILES string of the molecule is CC.CC.CN/C=C(\C=C(C)C)C(C)C. The highest BCUT2D eigenvalue weighted by molar-refractivity contribution is 5.22. The van der Waals surface area contributed by atoms with E-state index in [-0.39, 0.29) is 0 Å². The molecule has 0 radical (unpaired) electrons. The summed E-state index contributed by atoms with van der Waals surface area (Å²) in [6, 6.07) is 0. The number of hydrogen-bond donors (Lipinski definition) is 1. The van der Waals surface area contributed by atoms with Crippen LogP contribution in [0, 0.1) is 5.92 Å². The summed E-state index contributed by atoms with van der Waals surface area (Å²) >= 11 is 0. The molecule has 0 aromatic heterocycles. The standard InChI is InChI=1S/C10H19N.2C2H6/c1-8(2)6-10(7-11-5)9(3)4;2*1-2/h6-7,9,11H,1-5H3;2*1-2H3/b10-7+;;. The Kier molecular flexibility index (Phi) is 20.8. The van der Waals surface area contributed by atoms with Crippen LogP contribution in [0.2, 0.25) is 0 Å². The van der Waals surface area contributed by atoms with Crippen LogP contribution in [0.1, 0.15) is 55.4 Å². The molecule has 0 saturated carbocycles. The summed E-state index contributed by atoms with van der Waals surface area (Å²) in [5.41, 5.74) is 2.70. The molecule has 15 heavy (non-hydrogen) atoms. The maximum atomic E-state index is 3.05. The third-order valence-corrected chi connectivity index (χ3v) is 1.43. The molecular formula is C14H31N. The van der Waals surface area contributed by atoms with Gasteiger partial charge in [-0.05, 0) is 31.5 Å². The molecule has 0 aliphatic carbocycles. The van der Waals surface area contributed by atoms with E-state index in [2.05, 4.69) is 45.3 Å². The highest BCUT2D eigenvalue weighted by atomic mass is 14.8. The normalized spacial score (nSPS) is 9.33. The van der Waals surface area contributed by atoms with Crippen LogP contribution in [-0.2, 0) is 0 Å². The number of hydrogen-bond acceptors (Lipinski definition) is 1. The molecule has 0 heterocycles. The minimum absolute atomic E-state index is 0.595. The van der Waals surface area contributed by atoms with Crippen molar-refractivity contribution in [1.29, 1.82) is 0 Å². The molecule has 0 aliphatic rings. The van der Waals surface area contributed by atoms with Crippen LogP contribution >= 0.6 is 0 Å². The molecule has 1 nitrogen and oxygen atoms in total. The second kappa shape index (κ2) is 15.7. The molecule has 0 atom stereocenters. The largest absolute Gasteiger partial charge is 0.394 e. The summed E-state index contributed by atoms with van der Waals surface area (Å²) in [5.74, 6) is 0.595. The van der Waals surface area contributed by atoms with Gasteiger partial charge in [-0.25, -0.2) is 0 Å². The van der Waals surface area contributed by atoms with Crippen LogP contribution in [-0.4, -0.2) is 7.05 Å². The molecular weight excluding hydrogens is 182 g/mol. The minimum Gasteiger partial charge on any atom is -0.394 e. The Morgan fingerprint density at radius 3 is 1.60 bits per heavy atom. The van der Waals surface area contributed by atoms with Crippen LogP contribution < -0.4 is 5.32 Å². The Hall–Kier alpha value is -0.720. The predicted octanol–water partition coefficient (Wildman–Crippen LogP) is 4.76. The van der Waals surface area contributed by atoms with Crippen LogP contribution in [0.4, 0.5) is 0 Å². The molecule has 0 fully saturated rings. The maximum absolute atomic E-state index is 3.05. The summed E-state index contributed by atoms with van der Waals surface area (Å²) in [4.78, 5) is 0. The zero-order valence-corrected chi connectivity index (χ0v) is 12.2. The maximum Gasteiger partial charge on any atom is 0.00278 e. The number of nitrogens with one attached hydrogen (secondary N) is 1. The lowest BCUT2D eigenvalue weighted by Gasteiger charge is -2.06. The first-order valence-corrected chi connectivity index (χ1v) is 6.10. The molecule has 0 saturated heterocycles. The molecule has 0 aromatic carbocycles. The van der Waals surface area contributed by atoms with Crippen molar-refractivity contribution in [3.8, 4) is 0 Å². The van der Waals surface area contributed by atoms with Gasteiger partial charge in [-0.3, -0.25) is 0 Å². The van der Waals surface area contributed by atoms with Gasteiger partial charge in [0.1, 0.15) is 0 Å². The van der Waals surface area contributed by atoms with Gasteiger partial charge in [0.05, 0.1) is 0 Å². The smallest absolute Gasteiger partial charge is 0.00278 e. The van der Waals surface area contributed by atoms with E-state index in [1.165, 1.54) is 11.1 Å². The van der Waals surface area contributed by atoms with Crippen LogP contribution in [0.5, 0.6) is 0 Å². The first-order chi connectivity index (χ1) is 7.07. The van der Waals surface area contributed by atoms with E-state index in [9.17, 15) is 0 Å². The molecule has 0 rings (SSSR count). The Labute approximate surface area is 97.7 Å². The topological polar surface area (TPSA) is 12.0 Å². The summed E-state index contributed by atoms with van der Waals surface area (Å²) in [5, 5.41) is 3.05. The predicted molar refractivity (Wildman–Crippen MR) is 74.1 cm³/mol. The first-order valence-electron chi connectivity index (χ1n) is 6.10. The van der Waals surface area contributed by atoms with E-state index in [4.69, 9.17) is 0 Å². The monoisotopic (exact) mass is 213 g/mol. The number of rotatable bonds is 3. The van der Waals surface area contributed by atoms with Crippen molar-refractivity contribution >= 4 is 0 Å². The average molecular weight is 213 g/mol. The fraction of sp³-hybridized carbons (Fsp3) is 0.714. The second-order valence-corrected chi connectivity index (χ2v) is 3.31. The minimum atomic E-state index is 0.595. The third kappa shape index (κ3) is 16.0. The number of allylic oxidation sites excluding steroid dienone is 3. The van der Waals surface area contributed by atoms with Gasteiger partial charge < -0.3 is 5.32 Å². The van der Waals surface area contributed by atoms with E-state index in [1.54, 1.807) is 0 Å². The molecule has 0 unspecified atom stereocenters. The fourth-order valence-electron chi connectivity index (χ4n) is 0.875. The van der Waals surface area contributed by atoms with Gasteiger partial charge in [0.15, 0.2) is 0 Å². The van der Waals surface area contributed by atoms with Gasteiger partial charge in [-0.1, -0.05) is 53.2 Å². The second-order valence-electron chi connectivity index (χ2n) is 3.31. The molecule has 0 spiro atoms. The lowest BCUT2D eigenvalue weighted by molar-refractivity contribution is 0.778. The molecule has 0 amide bonds. The average Bonchev–Trinajstić information content (AvgIpc) is 2.22. The zero-order valence-electron chi connectivity index (χ0n) is 12.2. The first kappa shape index (κ1) is 19.8. The molecule has 0 aromatic rings. The van der Waals surface area contributed by atoms with Crippen molar-refractivity contribution in [3.05, 3.63) is 23.4 Å². The van der Waals surface area contributed by atoms with Gasteiger partial charge in [0.25, 0.3) is 0 Å². The van der Waals surface area contributed by atoms with Crippen molar-refractivity contribution in [2.24, 2.45) is 5.92 Å². The summed E-state index contributed by atoms with van der Waals surface area (Å²) in [7, 11) is 1.93. The fourth-order valence-corrected chi connectivity index (χ4v) is 0.875. The van der Waals surface area contributed by atoms with Crippen molar-refractivity contribution in [3.63, 3.8) is 0 Å². The van der Waals surface area contributed by atoms with Crippen molar-refractivity contribution in [2.75, 3.05) is 7.05 Å². The summed E-state index contributed by atoms with van der Waals surface area (Å²) in [6.45, 7) is 16.6. The lowest BCUT2D eigenvalue weighted by atomic mass is 10.0. The Bertz CT molecular complexity index is 160. The molecule has 92 valence electrons. The Morgan fingerprint density at radius 2 is 1.40 bits per heavy atom. The van der Waals surface area contributed by atoms with Gasteiger partial charge >= 0.3 is 0 Å². The van der Waals surface area contributed by atoms with E-state index < -0.39 is 0 Å². The van der Waals surface area contributed by atoms with E-state index in [0.29, 0.717) is 5.92 Å². The van der Waals surface area contributed by atoms with Gasteiger partial charge in [0.2, 0.25) is 0 Å². The van der Waals surface area contributed by atoms with E-state index >= 15 is 0 Å². The third-order valence-electron chi connectivity index (χ3n) is 1.43. The molecule has 0 aliphatic heterocycles. The van der Waals surface area contributed by atoms with Gasteiger partial charge in [-0.15, -0.1) is 0 Å². The highest BCUT2D eigenvalue weighted by Gasteiger charge is 1.97. The van der Waals surface area contributed by atoms with Crippen molar-refractivity contribution in [2.45, 2.75) is 55.4 Å².